The van der Waals surface area contributed by atoms with E-state index in [1.807, 2.05) is 24.0 Å². The van der Waals surface area contributed by atoms with E-state index in [9.17, 15) is 13.5 Å². The maximum Gasteiger partial charge on any atom is 0.194 e. The first-order valence-electron chi connectivity index (χ1n) is 8.29. The molecule has 142 valence electrons. The Morgan fingerprint density at radius 3 is 2.64 bits per heavy atom. The third-order valence-corrected chi connectivity index (χ3v) is 6.85. The van der Waals surface area contributed by atoms with Crippen LogP contribution in [0.15, 0.2) is 29.3 Å². The summed E-state index contributed by atoms with van der Waals surface area (Å²) in [6, 6.07) is 7.24. The molecule has 0 aromatic heterocycles. The van der Waals surface area contributed by atoms with Crippen molar-refractivity contribution in [2.24, 2.45) is 4.99 Å². The number of para-hydroxylation sites is 1. The fourth-order valence-electron chi connectivity index (χ4n) is 2.75. The van der Waals surface area contributed by atoms with Gasteiger partial charge in [-0.3, -0.25) is 4.99 Å². The van der Waals surface area contributed by atoms with Crippen LogP contribution in [0.4, 0.5) is 0 Å². The largest absolute Gasteiger partial charge is 0.508 e. The van der Waals surface area contributed by atoms with Crippen LogP contribution in [0.1, 0.15) is 26.3 Å². The molecule has 1 aromatic rings. The first kappa shape index (κ1) is 22.0. The van der Waals surface area contributed by atoms with Gasteiger partial charge in [0, 0.05) is 26.2 Å². The number of halogens is 1. The van der Waals surface area contributed by atoms with Gasteiger partial charge < -0.3 is 15.3 Å². The van der Waals surface area contributed by atoms with Crippen molar-refractivity contribution in [1.82, 2.24) is 10.2 Å². The summed E-state index contributed by atoms with van der Waals surface area (Å²) < 4.78 is 23.5. The minimum absolute atomic E-state index is 0. The van der Waals surface area contributed by atoms with Crippen LogP contribution in [0.25, 0.3) is 0 Å². The summed E-state index contributed by atoms with van der Waals surface area (Å²) in [6.45, 7) is 7.65. The van der Waals surface area contributed by atoms with E-state index in [4.69, 9.17) is 0 Å². The second-order valence-electron chi connectivity index (χ2n) is 6.61. The Bertz CT molecular complexity index is 705. The van der Waals surface area contributed by atoms with Crippen LogP contribution in [0, 0.1) is 0 Å². The van der Waals surface area contributed by atoms with Crippen LogP contribution in [0.5, 0.6) is 5.75 Å². The number of hydrogen-bond acceptors (Lipinski definition) is 4. The molecule has 0 radical (unpaired) electrons. The number of rotatable bonds is 4. The second kappa shape index (κ2) is 9.07. The first-order valence-corrected chi connectivity index (χ1v) is 9.94. The molecule has 0 unspecified atom stereocenters. The van der Waals surface area contributed by atoms with Crippen LogP contribution in [0.3, 0.4) is 0 Å². The third kappa shape index (κ3) is 5.47. The summed E-state index contributed by atoms with van der Waals surface area (Å²) in [4.78, 5) is 6.62. The highest BCUT2D eigenvalue weighted by molar-refractivity contribution is 14.0. The van der Waals surface area contributed by atoms with Gasteiger partial charge in [-0.2, -0.15) is 0 Å². The predicted octanol–water partition coefficient (Wildman–Crippen LogP) is 2.03. The molecule has 0 saturated carbocycles. The summed E-state index contributed by atoms with van der Waals surface area (Å²) in [5.74, 6) is 1.16. The molecule has 1 fully saturated rings. The minimum atomic E-state index is -3.07. The Hall–Kier alpha value is -1.03. The van der Waals surface area contributed by atoms with Gasteiger partial charge in [0.2, 0.25) is 0 Å². The molecule has 1 aromatic carbocycles. The van der Waals surface area contributed by atoms with Crippen molar-refractivity contribution >= 4 is 39.8 Å². The lowest BCUT2D eigenvalue weighted by molar-refractivity contribution is 0.353. The lowest BCUT2D eigenvalue weighted by Gasteiger charge is -2.39. The van der Waals surface area contributed by atoms with Crippen LogP contribution in [-0.4, -0.2) is 61.1 Å². The molecule has 0 spiro atoms. The zero-order valence-corrected chi connectivity index (χ0v) is 18.2. The lowest BCUT2D eigenvalue weighted by atomic mass is 10.1. The molecule has 0 bridgehead atoms. The molecule has 2 rings (SSSR count). The number of nitrogens with zero attached hydrogens (tertiary/aromatic N) is 2. The summed E-state index contributed by atoms with van der Waals surface area (Å²) in [6.07, 6.45) is 0.636. The van der Waals surface area contributed by atoms with Crippen molar-refractivity contribution < 1.29 is 13.5 Å². The monoisotopic (exact) mass is 481 g/mol. The van der Waals surface area contributed by atoms with E-state index >= 15 is 0 Å². The molecule has 6 nitrogen and oxygen atoms in total. The molecule has 2 N–H and O–H groups in total. The summed E-state index contributed by atoms with van der Waals surface area (Å²) in [5, 5.41) is 13.0. The number of sulfone groups is 1. The summed E-state index contributed by atoms with van der Waals surface area (Å²) in [7, 11) is -3.07. The highest BCUT2D eigenvalue weighted by Gasteiger charge is 2.40. The summed E-state index contributed by atoms with van der Waals surface area (Å²) in [5.41, 5.74) is 0.860. The minimum Gasteiger partial charge on any atom is -0.508 e. The normalized spacial score (nSPS) is 19.2. The van der Waals surface area contributed by atoms with Crippen molar-refractivity contribution in [3.8, 4) is 5.75 Å². The van der Waals surface area contributed by atoms with Gasteiger partial charge in [0.15, 0.2) is 15.8 Å². The lowest BCUT2D eigenvalue weighted by Crippen LogP contribution is -2.57. The van der Waals surface area contributed by atoms with Crippen LogP contribution in [-0.2, 0) is 16.3 Å². The molecule has 1 heterocycles. The van der Waals surface area contributed by atoms with E-state index in [-0.39, 0.29) is 35.5 Å². The molecule has 25 heavy (non-hydrogen) atoms. The molecule has 0 amide bonds. The predicted molar refractivity (Wildman–Crippen MR) is 113 cm³/mol. The molecule has 0 aliphatic carbocycles. The number of hydrogen-bond donors (Lipinski definition) is 2. The molecule has 1 saturated heterocycles. The van der Waals surface area contributed by atoms with Gasteiger partial charge in [-0.1, -0.05) is 18.2 Å². The van der Waals surface area contributed by atoms with Gasteiger partial charge in [0.05, 0.1) is 10.5 Å². The van der Waals surface area contributed by atoms with Gasteiger partial charge in [-0.15, -0.1) is 24.0 Å². The maximum atomic E-state index is 12.2. The van der Waals surface area contributed by atoms with Crippen molar-refractivity contribution in [2.75, 3.05) is 31.9 Å². The maximum absolute atomic E-state index is 12.2. The smallest absolute Gasteiger partial charge is 0.194 e. The Morgan fingerprint density at radius 2 is 2.04 bits per heavy atom. The van der Waals surface area contributed by atoms with E-state index in [0.717, 1.165) is 18.1 Å². The van der Waals surface area contributed by atoms with Crippen LogP contribution >= 0.6 is 24.0 Å². The fraction of sp³-hybridized carbons (Fsp3) is 0.588. The Labute approximate surface area is 167 Å². The number of benzene rings is 1. The van der Waals surface area contributed by atoms with Gasteiger partial charge >= 0.3 is 0 Å². The highest BCUT2D eigenvalue weighted by Crippen LogP contribution is 2.23. The topological polar surface area (TPSA) is 82.0 Å². The average molecular weight is 481 g/mol. The number of phenolic OH excluding ortho intramolecular Hbond substituents is 1. The van der Waals surface area contributed by atoms with Gasteiger partial charge in [0.25, 0.3) is 0 Å². The molecular weight excluding hydrogens is 453 g/mol. The standard InChI is InChI=1S/C17H27N3O3S.HI/c1-4-18-16(19-10-9-14-7-5-6-8-15(14)21)20-11-12-24(22,23)17(2,3)13-20;/h5-8,21H,4,9-13H2,1-3H3,(H,18,19);1H. The number of aliphatic imine (C=N–C) groups is 1. The zero-order valence-electron chi connectivity index (χ0n) is 15.0. The van der Waals surface area contributed by atoms with Crippen molar-refractivity contribution in [2.45, 2.75) is 31.9 Å². The third-order valence-electron chi connectivity index (χ3n) is 4.31. The average Bonchev–Trinajstić information content (AvgIpc) is 2.51. The van der Waals surface area contributed by atoms with E-state index in [2.05, 4.69) is 10.3 Å². The zero-order chi connectivity index (χ0) is 17.8. The quantitative estimate of drug-likeness (QED) is 0.391. The second-order valence-corrected chi connectivity index (χ2v) is 9.36. The van der Waals surface area contributed by atoms with Crippen molar-refractivity contribution in [3.05, 3.63) is 29.8 Å². The molecule has 8 heteroatoms. The van der Waals surface area contributed by atoms with Crippen molar-refractivity contribution in [3.63, 3.8) is 0 Å². The SMILES string of the molecule is CCNC(=NCCc1ccccc1O)N1CCS(=O)(=O)C(C)(C)C1.I. The molecule has 0 atom stereocenters. The van der Waals surface area contributed by atoms with Gasteiger partial charge in [-0.05, 0) is 38.8 Å². The Morgan fingerprint density at radius 1 is 1.36 bits per heavy atom. The molecular formula is C17H28IN3O3S. The Kier molecular flexibility index (Phi) is 7.98. The van der Waals surface area contributed by atoms with E-state index in [0.29, 0.717) is 26.1 Å². The van der Waals surface area contributed by atoms with Crippen molar-refractivity contribution in [1.29, 1.82) is 0 Å². The van der Waals surface area contributed by atoms with E-state index < -0.39 is 14.6 Å². The number of phenols is 1. The number of nitrogens with one attached hydrogen (secondary N) is 1. The first-order chi connectivity index (χ1) is 11.3. The van der Waals surface area contributed by atoms with Crippen LogP contribution < -0.4 is 5.32 Å². The van der Waals surface area contributed by atoms with E-state index in [1.54, 1.807) is 26.0 Å². The number of aromatic hydroxyl groups is 1. The Balaban J connectivity index is 0.00000312. The highest BCUT2D eigenvalue weighted by atomic mass is 127. The van der Waals surface area contributed by atoms with E-state index in [1.165, 1.54) is 0 Å². The van der Waals surface area contributed by atoms with Gasteiger partial charge in [0.1, 0.15) is 5.75 Å². The number of guanidine groups is 1. The molecule has 1 aliphatic rings. The van der Waals surface area contributed by atoms with Crippen LogP contribution in [0.2, 0.25) is 0 Å². The molecule has 1 aliphatic heterocycles. The van der Waals surface area contributed by atoms with Gasteiger partial charge in [-0.25, -0.2) is 8.42 Å². The summed E-state index contributed by atoms with van der Waals surface area (Å²) >= 11 is 0. The fourth-order valence-corrected chi connectivity index (χ4v) is 4.12.